The molecular formula is C29H36N4+4. The van der Waals surface area contributed by atoms with Gasteiger partial charge in [-0.15, -0.1) is 0 Å². The fraction of sp³-hybridized carbons (Fsp3) is 0.310. The summed E-state index contributed by atoms with van der Waals surface area (Å²) in [4.78, 5) is 0. The minimum absolute atomic E-state index is 1.09. The molecule has 0 aromatic carbocycles. The van der Waals surface area contributed by atoms with E-state index < -0.39 is 0 Å². The quantitative estimate of drug-likeness (QED) is 0.263. The Morgan fingerprint density at radius 2 is 0.667 bits per heavy atom. The smallest absolute Gasteiger partial charge is 0.169 e. The Morgan fingerprint density at radius 3 is 1.00 bits per heavy atom. The molecule has 0 saturated carbocycles. The van der Waals surface area contributed by atoms with E-state index in [1.54, 1.807) is 0 Å². The number of hydrogen-bond donors (Lipinski definition) is 0. The zero-order valence-corrected chi connectivity index (χ0v) is 20.0. The van der Waals surface area contributed by atoms with E-state index in [4.69, 9.17) is 0 Å². The number of nitrogens with zero attached hydrogens (tertiary/aromatic N) is 4. The van der Waals surface area contributed by atoms with Gasteiger partial charge in [0.25, 0.3) is 0 Å². The van der Waals surface area contributed by atoms with Crippen molar-refractivity contribution < 1.29 is 18.3 Å². The zero-order chi connectivity index (χ0) is 22.9. The number of aryl methyl sites for hydroxylation is 4. The summed E-state index contributed by atoms with van der Waals surface area (Å²) in [5.41, 5.74) is 5.08. The molecule has 4 nitrogen and oxygen atoms in total. The van der Waals surface area contributed by atoms with Crippen molar-refractivity contribution >= 4 is 0 Å². The molecule has 0 bridgehead atoms. The molecule has 4 aromatic rings. The van der Waals surface area contributed by atoms with Crippen molar-refractivity contribution in [1.82, 2.24) is 0 Å². The van der Waals surface area contributed by atoms with E-state index in [1.807, 2.05) is 14.1 Å². The molecule has 4 rings (SSSR count). The molecular weight excluding hydrogens is 404 g/mol. The summed E-state index contributed by atoms with van der Waals surface area (Å²) in [6, 6.07) is 17.5. The van der Waals surface area contributed by atoms with Gasteiger partial charge in [-0.2, -0.15) is 0 Å². The molecule has 0 unspecified atom stereocenters. The highest BCUT2D eigenvalue weighted by atomic mass is 14.9. The molecule has 0 spiro atoms. The first kappa shape index (κ1) is 22.8. The maximum Gasteiger partial charge on any atom is 0.169 e. The Kier molecular flexibility index (Phi) is 7.91. The third-order valence-corrected chi connectivity index (χ3v) is 6.24. The van der Waals surface area contributed by atoms with Crippen LogP contribution in [0.4, 0.5) is 0 Å². The van der Waals surface area contributed by atoms with Gasteiger partial charge >= 0.3 is 0 Å². The molecule has 0 N–H and O–H groups in total. The van der Waals surface area contributed by atoms with Crippen LogP contribution in [0.3, 0.4) is 0 Å². The van der Waals surface area contributed by atoms with Gasteiger partial charge in [-0.3, -0.25) is 0 Å². The van der Waals surface area contributed by atoms with Gasteiger partial charge in [0.1, 0.15) is 27.2 Å². The largest absolute Gasteiger partial charge is 0.208 e. The number of unbranched alkanes of at least 4 members (excludes halogenated alkanes) is 4. The predicted molar refractivity (Wildman–Crippen MR) is 130 cm³/mol. The van der Waals surface area contributed by atoms with Crippen LogP contribution in [0.25, 0.3) is 22.3 Å². The fourth-order valence-electron chi connectivity index (χ4n) is 4.10. The average Bonchev–Trinajstić information content (AvgIpc) is 2.85. The number of hydrogen-bond acceptors (Lipinski definition) is 0. The predicted octanol–water partition coefficient (Wildman–Crippen LogP) is 3.90. The minimum atomic E-state index is 1.09. The van der Waals surface area contributed by atoms with Crippen LogP contribution in [0.2, 0.25) is 0 Å². The molecule has 0 atom stereocenters. The summed E-state index contributed by atoms with van der Waals surface area (Å²) < 4.78 is 8.73. The van der Waals surface area contributed by atoms with Gasteiger partial charge in [0, 0.05) is 61.4 Å². The molecule has 0 radical (unpaired) electrons. The first-order valence-corrected chi connectivity index (χ1v) is 12.1. The van der Waals surface area contributed by atoms with Crippen LogP contribution in [-0.4, -0.2) is 0 Å². The third-order valence-electron chi connectivity index (χ3n) is 6.24. The highest BCUT2D eigenvalue weighted by Gasteiger charge is 2.06. The van der Waals surface area contributed by atoms with Crippen LogP contribution >= 0.6 is 0 Å². The lowest BCUT2D eigenvalue weighted by Crippen LogP contribution is -2.32. The summed E-state index contributed by atoms with van der Waals surface area (Å²) in [7, 11) is 4.09. The van der Waals surface area contributed by atoms with Crippen molar-refractivity contribution in [2.45, 2.75) is 45.2 Å². The van der Waals surface area contributed by atoms with Gasteiger partial charge in [-0.25, -0.2) is 18.3 Å². The monoisotopic (exact) mass is 440 g/mol. The third kappa shape index (κ3) is 6.79. The van der Waals surface area contributed by atoms with E-state index in [2.05, 4.69) is 116 Å². The van der Waals surface area contributed by atoms with Gasteiger partial charge < -0.3 is 0 Å². The SMILES string of the molecule is C[n+]1ccc(-c2cc[n+](CCCCCCC[n+]3ccc(-c4cc[n+](C)cc4)cc3)cc2)cc1. The Bertz CT molecular complexity index is 1020. The second kappa shape index (κ2) is 11.5. The van der Waals surface area contributed by atoms with Crippen LogP contribution in [0.15, 0.2) is 98.1 Å². The minimum Gasteiger partial charge on any atom is -0.208 e. The molecule has 33 heavy (non-hydrogen) atoms. The van der Waals surface area contributed by atoms with Crippen LogP contribution < -0.4 is 18.3 Å². The van der Waals surface area contributed by atoms with Gasteiger partial charge in [-0.1, -0.05) is 6.42 Å². The summed E-state index contributed by atoms with van der Waals surface area (Å²) in [6.07, 6.45) is 23.6. The van der Waals surface area contributed by atoms with Gasteiger partial charge in [0.15, 0.2) is 49.6 Å². The van der Waals surface area contributed by atoms with Crippen molar-refractivity contribution in [2.24, 2.45) is 14.1 Å². The average molecular weight is 441 g/mol. The molecule has 0 aliphatic rings. The first-order chi connectivity index (χ1) is 16.2. The van der Waals surface area contributed by atoms with Crippen LogP contribution in [-0.2, 0) is 27.2 Å². The number of pyridine rings is 4. The molecule has 4 aromatic heterocycles. The van der Waals surface area contributed by atoms with Gasteiger partial charge in [-0.05, 0) is 35.1 Å². The Labute approximate surface area is 198 Å². The molecule has 168 valence electrons. The van der Waals surface area contributed by atoms with Gasteiger partial charge in [0.05, 0.1) is 0 Å². The van der Waals surface area contributed by atoms with Crippen molar-refractivity contribution in [3.8, 4) is 22.3 Å². The maximum absolute atomic E-state index is 2.30. The Hall–Kier alpha value is -3.40. The van der Waals surface area contributed by atoms with E-state index in [-0.39, 0.29) is 0 Å². The van der Waals surface area contributed by atoms with E-state index in [0.29, 0.717) is 0 Å². The molecule has 0 amide bonds. The molecule has 0 fully saturated rings. The van der Waals surface area contributed by atoms with E-state index in [1.165, 1.54) is 54.4 Å². The van der Waals surface area contributed by atoms with Crippen molar-refractivity contribution in [3.05, 3.63) is 98.1 Å². The summed E-state index contributed by atoms with van der Waals surface area (Å²) in [5.74, 6) is 0. The van der Waals surface area contributed by atoms with Gasteiger partial charge in [0.2, 0.25) is 0 Å². The standard InChI is InChI=1S/C29H36N4/c1-30-18-8-26(9-19-30)28-12-22-32(23-13-28)16-6-4-3-5-7-17-33-24-14-29(15-25-33)27-10-20-31(2)21-11-27/h8-15,18-25H,3-7,16-17H2,1-2H3/q+4. The molecule has 0 saturated heterocycles. The Balaban J connectivity index is 1.12. The van der Waals surface area contributed by atoms with E-state index in [0.717, 1.165) is 13.1 Å². The summed E-state index contributed by atoms with van der Waals surface area (Å²) >= 11 is 0. The molecule has 4 heterocycles. The lowest BCUT2D eigenvalue weighted by Gasteiger charge is -2.02. The van der Waals surface area contributed by atoms with Crippen LogP contribution in [0.1, 0.15) is 32.1 Å². The van der Waals surface area contributed by atoms with E-state index >= 15 is 0 Å². The Morgan fingerprint density at radius 1 is 0.394 bits per heavy atom. The molecule has 0 aliphatic heterocycles. The van der Waals surface area contributed by atoms with Crippen molar-refractivity contribution in [1.29, 1.82) is 0 Å². The van der Waals surface area contributed by atoms with Crippen LogP contribution in [0.5, 0.6) is 0 Å². The first-order valence-electron chi connectivity index (χ1n) is 12.1. The lowest BCUT2D eigenvalue weighted by molar-refractivity contribution is -0.697. The normalized spacial score (nSPS) is 11.0. The highest BCUT2D eigenvalue weighted by molar-refractivity contribution is 5.61. The second-order valence-electron chi connectivity index (χ2n) is 8.92. The topological polar surface area (TPSA) is 15.5 Å². The second-order valence-corrected chi connectivity index (χ2v) is 8.92. The van der Waals surface area contributed by atoms with Crippen LogP contribution in [0, 0.1) is 0 Å². The van der Waals surface area contributed by atoms with Crippen molar-refractivity contribution in [2.75, 3.05) is 0 Å². The fourth-order valence-corrected chi connectivity index (χ4v) is 4.10. The highest BCUT2D eigenvalue weighted by Crippen LogP contribution is 2.16. The van der Waals surface area contributed by atoms with E-state index in [9.17, 15) is 0 Å². The molecule has 0 aliphatic carbocycles. The number of rotatable bonds is 10. The van der Waals surface area contributed by atoms with Crippen molar-refractivity contribution in [3.63, 3.8) is 0 Å². The lowest BCUT2D eigenvalue weighted by atomic mass is 10.1. The summed E-state index contributed by atoms with van der Waals surface area (Å²) in [5, 5.41) is 0. The molecule has 4 heteroatoms. The zero-order valence-electron chi connectivity index (χ0n) is 20.0. The number of aromatic nitrogens is 4. The summed E-state index contributed by atoms with van der Waals surface area (Å²) in [6.45, 7) is 2.19. The maximum atomic E-state index is 2.30.